The molecule has 2 amide bonds. The summed E-state index contributed by atoms with van der Waals surface area (Å²) < 4.78 is 28.4. The first-order valence-corrected chi connectivity index (χ1v) is 9.98. The zero-order chi connectivity index (χ0) is 18.6. The van der Waals surface area contributed by atoms with Crippen molar-refractivity contribution in [2.24, 2.45) is 0 Å². The van der Waals surface area contributed by atoms with Gasteiger partial charge in [-0.05, 0) is 52.7 Å². The van der Waals surface area contributed by atoms with Crippen LogP contribution >= 0.6 is 15.9 Å². The molecule has 0 bridgehead atoms. The van der Waals surface area contributed by atoms with Gasteiger partial charge in [0.05, 0.1) is 17.5 Å². The summed E-state index contributed by atoms with van der Waals surface area (Å²) in [4.78, 5) is 23.9. The van der Waals surface area contributed by atoms with E-state index in [9.17, 15) is 18.0 Å². The number of sulfone groups is 1. The van der Waals surface area contributed by atoms with E-state index >= 15 is 0 Å². The molecular formula is C16H17BrN2O5S. The molecular weight excluding hydrogens is 412 g/mol. The molecule has 2 N–H and O–H groups in total. The molecule has 0 saturated carbocycles. The standard InChI is InChI=1S/C16H17BrN2O5S/c1-10(11-3-5-12(6-4-11)25(2,22)23)19-15(20)9-18-16(21)13-7-8-14(17)24-13/h3-8,10H,9H2,1-2H3,(H,18,21)(H,19,20). The van der Waals surface area contributed by atoms with Gasteiger partial charge in [-0.1, -0.05) is 12.1 Å². The summed E-state index contributed by atoms with van der Waals surface area (Å²) in [5.41, 5.74) is 0.752. The second-order valence-corrected chi connectivity index (χ2v) is 8.21. The summed E-state index contributed by atoms with van der Waals surface area (Å²) in [5, 5.41) is 5.18. The first-order chi connectivity index (χ1) is 11.7. The molecule has 9 heteroatoms. The minimum atomic E-state index is -3.26. The van der Waals surface area contributed by atoms with Crippen molar-refractivity contribution in [3.05, 3.63) is 52.4 Å². The Morgan fingerprint density at radius 1 is 1.16 bits per heavy atom. The van der Waals surface area contributed by atoms with Crippen LogP contribution in [0.25, 0.3) is 0 Å². The van der Waals surface area contributed by atoms with Crippen LogP contribution in [-0.2, 0) is 14.6 Å². The molecule has 2 rings (SSSR count). The van der Waals surface area contributed by atoms with Crippen LogP contribution in [0.15, 0.2) is 50.4 Å². The fourth-order valence-corrected chi connectivity index (χ4v) is 3.00. The predicted octanol–water partition coefficient (Wildman–Crippen LogP) is 2.05. The molecule has 0 fully saturated rings. The van der Waals surface area contributed by atoms with E-state index in [1.807, 2.05) is 0 Å². The Hall–Kier alpha value is -2.13. The van der Waals surface area contributed by atoms with Crippen molar-refractivity contribution in [3.8, 4) is 0 Å². The van der Waals surface area contributed by atoms with E-state index in [1.54, 1.807) is 25.1 Å². The van der Waals surface area contributed by atoms with Crippen LogP contribution in [0.1, 0.15) is 29.1 Å². The number of benzene rings is 1. The monoisotopic (exact) mass is 428 g/mol. The lowest BCUT2D eigenvalue weighted by Crippen LogP contribution is -2.37. The van der Waals surface area contributed by atoms with Crippen molar-refractivity contribution in [2.75, 3.05) is 12.8 Å². The minimum Gasteiger partial charge on any atom is -0.444 e. The number of carbonyl (C=O) groups is 2. The maximum atomic E-state index is 11.9. The van der Waals surface area contributed by atoms with Crippen LogP contribution in [0.2, 0.25) is 0 Å². The molecule has 0 aliphatic carbocycles. The third kappa shape index (κ3) is 5.43. The SMILES string of the molecule is CC(NC(=O)CNC(=O)c1ccc(Br)o1)c1ccc(S(C)(=O)=O)cc1. The average molecular weight is 429 g/mol. The van der Waals surface area contributed by atoms with Crippen LogP contribution in [-0.4, -0.2) is 33.0 Å². The first kappa shape index (κ1) is 19.2. The molecule has 134 valence electrons. The quantitative estimate of drug-likeness (QED) is 0.732. The Kier molecular flexibility index (Phi) is 6.02. The summed E-state index contributed by atoms with van der Waals surface area (Å²) in [7, 11) is -3.26. The smallest absolute Gasteiger partial charge is 0.287 e. The minimum absolute atomic E-state index is 0.101. The van der Waals surface area contributed by atoms with E-state index in [1.165, 1.54) is 18.2 Å². The van der Waals surface area contributed by atoms with Crippen LogP contribution in [0, 0.1) is 0 Å². The number of nitrogens with one attached hydrogen (secondary N) is 2. The fraction of sp³-hybridized carbons (Fsp3) is 0.250. The molecule has 1 aromatic heterocycles. The lowest BCUT2D eigenvalue weighted by atomic mass is 10.1. The van der Waals surface area contributed by atoms with Gasteiger partial charge in [0.1, 0.15) is 0 Å². The number of hydrogen-bond acceptors (Lipinski definition) is 5. The summed E-state index contributed by atoms with van der Waals surface area (Å²) >= 11 is 3.09. The second kappa shape index (κ2) is 7.83. The van der Waals surface area contributed by atoms with Gasteiger partial charge in [-0.25, -0.2) is 8.42 Å². The van der Waals surface area contributed by atoms with E-state index in [4.69, 9.17) is 4.42 Å². The van der Waals surface area contributed by atoms with Crippen LogP contribution < -0.4 is 10.6 Å². The van der Waals surface area contributed by atoms with Gasteiger partial charge < -0.3 is 15.1 Å². The highest BCUT2D eigenvalue weighted by Crippen LogP contribution is 2.16. The third-order valence-electron chi connectivity index (χ3n) is 3.39. The molecule has 1 aromatic carbocycles. The number of amides is 2. The van der Waals surface area contributed by atoms with E-state index in [-0.39, 0.29) is 29.1 Å². The lowest BCUT2D eigenvalue weighted by Gasteiger charge is -2.15. The average Bonchev–Trinajstić information content (AvgIpc) is 2.98. The normalized spacial score (nSPS) is 12.4. The molecule has 1 heterocycles. The van der Waals surface area contributed by atoms with Crippen molar-refractivity contribution in [1.82, 2.24) is 10.6 Å². The van der Waals surface area contributed by atoms with Gasteiger partial charge in [0.25, 0.3) is 5.91 Å². The highest BCUT2D eigenvalue weighted by molar-refractivity contribution is 9.10. The van der Waals surface area contributed by atoms with Gasteiger partial charge in [-0.15, -0.1) is 0 Å². The van der Waals surface area contributed by atoms with Crippen molar-refractivity contribution in [1.29, 1.82) is 0 Å². The number of rotatable bonds is 6. The van der Waals surface area contributed by atoms with Crippen molar-refractivity contribution in [2.45, 2.75) is 17.9 Å². The van der Waals surface area contributed by atoms with Crippen molar-refractivity contribution < 1.29 is 22.4 Å². The summed E-state index contributed by atoms with van der Waals surface area (Å²) in [6.45, 7) is 1.56. The maximum Gasteiger partial charge on any atom is 0.287 e. The van der Waals surface area contributed by atoms with Gasteiger partial charge in [-0.2, -0.15) is 0 Å². The van der Waals surface area contributed by atoms with Crippen molar-refractivity contribution >= 4 is 37.6 Å². The zero-order valence-electron chi connectivity index (χ0n) is 13.6. The molecule has 1 atom stereocenters. The summed E-state index contributed by atoms with van der Waals surface area (Å²) in [5.74, 6) is -0.770. The number of hydrogen-bond donors (Lipinski definition) is 2. The van der Waals surface area contributed by atoms with Gasteiger partial charge in [0.2, 0.25) is 5.91 Å². The van der Waals surface area contributed by atoms with Crippen molar-refractivity contribution in [3.63, 3.8) is 0 Å². The van der Waals surface area contributed by atoms with E-state index in [2.05, 4.69) is 26.6 Å². The Morgan fingerprint density at radius 2 is 1.80 bits per heavy atom. The largest absolute Gasteiger partial charge is 0.444 e. The highest BCUT2D eigenvalue weighted by atomic mass is 79.9. The molecule has 0 saturated heterocycles. The fourth-order valence-electron chi connectivity index (χ4n) is 2.06. The highest BCUT2D eigenvalue weighted by Gasteiger charge is 2.14. The second-order valence-electron chi connectivity index (χ2n) is 5.42. The van der Waals surface area contributed by atoms with Gasteiger partial charge in [-0.3, -0.25) is 9.59 Å². The predicted molar refractivity (Wildman–Crippen MR) is 94.9 cm³/mol. The van der Waals surface area contributed by atoms with Crippen LogP contribution in [0.3, 0.4) is 0 Å². The summed E-state index contributed by atoms with van der Waals surface area (Å²) in [6.07, 6.45) is 1.13. The molecule has 0 aliphatic rings. The number of carbonyl (C=O) groups excluding carboxylic acids is 2. The topological polar surface area (TPSA) is 105 Å². The Morgan fingerprint density at radius 3 is 2.32 bits per heavy atom. The molecule has 0 radical (unpaired) electrons. The summed E-state index contributed by atoms with van der Waals surface area (Å²) in [6, 6.07) is 8.99. The Balaban J connectivity index is 1.88. The number of halogens is 1. The molecule has 2 aromatic rings. The first-order valence-electron chi connectivity index (χ1n) is 7.30. The van der Waals surface area contributed by atoms with Gasteiger partial charge >= 0.3 is 0 Å². The molecule has 7 nitrogen and oxygen atoms in total. The van der Waals surface area contributed by atoms with E-state index < -0.39 is 15.7 Å². The van der Waals surface area contributed by atoms with Crippen LogP contribution in [0.4, 0.5) is 0 Å². The molecule has 25 heavy (non-hydrogen) atoms. The maximum absolute atomic E-state index is 11.9. The molecule has 0 spiro atoms. The third-order valence-corrected chi connectivity index (χ3v) is 4.95. The van der Waals surface area contributed by atoms with E-state index in [0.717, 1.165) is 11.8 Å². The zero-order valence-corrected chi connectivity index (χ0v) is 16.0. The Labute approximate surface area is 153 Å². The van der Waals surface area contributed by atoms with Gasteiger partial charge in [0, 0.05) is 6.26 Å². The van der Waals surface area contributed by atoms with E-state index in [0.29, 0.717) is 4.67 Å². The Bertz CT molecular complexity index is 874. The lowest BCUT2D eigenvalue weighted by molar-refractivity contribution is -0.120. The van der Waals surface area contributed by atoms with Crippen LogP contribution in [0.5, 0.6) is 0 Å². The van der Waals surface area contributed by atoms with Gasteiger partial charge in [0.15, 0.2) is 20.3 Å². The molecule has 1 unspecified atom stereocenters. The number of furan rings is 1. The molecule has 0 aliphatic heterocycles.